The first-order chi connectivity index (χ1) is 17.2. The summed E-state index contributed by atoms with van der Waals surface area (Å²) in [6.45, 7) is 2.06. The van der Waals surface area contributed by atoms with E-state index in [1.807, 2.05) is 0 Å². The first-order valence-corrected chi connectivity index (χ1v) is 12.0. The third kappa shape index (κ3) is 4.45. The van der Waals surface area contributed by atoms with E-state index >= 15 is 0 Å². The molecule has 3 aromatic rings. The fourth-order valence-corrected chi connectivity index (χ4v) is 5.45. The van der Waals surface area contributed by atoms with Crippen molar-refractivity contribution in [1.29, 1.82) is 0 Å². The van der Waals surface area contributed by atoms with Crippen molar-refractivity contribution in [3.8, 4) is 0 Å². The predicted octanol–water partition coefficient (Wildman–Crippen LogP) is 3.87. The van der Waals surface area contributed by atoms with Gasteiger partial charge in [0.05, 0.1) is 29.2 Å². The number of carbonyl (C=O) groups excluding carboxylic acids is 1. The first-order valence-electron chi connectivity index (χ1n) is 12.0. The number of halogens is 3. The zero-order chi connectivity index (χ0) is 25.6. The summed E-state index contributed by atoms with van der Waals surface area (Å²) >= 11 is 0. The minimum Gasteiger partial charge on any atom is -0.375 e. The largest absolute Gasteiger partial charge is 0.375 e. The van der Waals surface area contributed by atoms with Crippen LogP contribution in [0.15, 0.2) is 46.0 Å². The van der Waals surface area contributed by atoms with Crippen LogP contribution in [0.25, 0.3) is 10.9 Å². The Hall–Kier alpha value is -3.40. The first kappa shape index (κ1) is 24.3. The maximum absolute atomic E-state index is 14.4. The standard InChI is InChI=1S/C26H26F3N3O4/c1-14(18-4-2-17(28)11-20(18)29)30-23(33)22(12-26-8-6-15(7-9-26)13-36-26)32-24(34)19-10-16(27)3-5-21(19)31-25(32)35/h2-5,10-11,14-15,22H,6-9,12-13H2,1H3,(H,30,33)(H,31,35)/t14-,15?,22-,26?/m0/s1. The fraction of sp³-hybridized carbons (Fsp3) is 0.423. The Labute approximate surface area is 204 Å². The van der Waals surface area contributed by atoms with E-state index in [0.717, 1.165) is 41.7 Å². The van der Waals surface area contributed by atoms with Gasteiger partial charge in [-0.1, -0.05) is 6.07 Å². The molecule has 190 valence electrons. The second-order valence-corrected chi connectivity index (χ2v) is 9.85. The van der Waals surface area contributed by atoms with E-state index in [1.54, 1.807) is 0 Å². The van der Waals surface area contributed by atoms with Crippen LogP contribution < -0.4 is 16.6 Å². The molecule has 2 bridgehead atoms. The lowest BCUT2D eigenvalue weighted by molar-refractivity contribution is -0.158. The Balaban J connectivity index is 1.55. The van der Waals surface area contributed by atoms with Crippen molar-refractivity contribution in [1.82, 2.24) is 14.9 Å². The van der Waals surface area contributed by atoms with Crippen molar-refractivity contribution in [2.75, 3.05) is 6.61 Å². The van der Waals surface area contributed by atoms with Gasteiger partial charge in [0.15, 0.2) is 0 Å². The molecule has 3 aliphatic rings. The molecule has 2 saturated heterocycles. The minimum atomic E-state index is -1.30. The third-order valence-electron chi connectivity index (χ3n) is 7.50. The van der Waals surface area contributed by atoms with Gasteiger partial charge in [0, 0.05) is 18.1 Å². The van der Waals surface area contributed by atoms with Crippen LogP contribution in [0, 0.1) is 23.4 Å². The van der Waals surface area contributed by atoms with Gasteiger partial charge in [-0.2, -0.15) is 0 Å². The van der Waals surface area contributed by atoms with Gasteiger partial charge < -0.3 is 15.0 Å². The second-order valence-electron chi connectivity index (χ2n) is 9.85. The molecule has 3 heterocycles. The summed E-state index contributed by atoms with van der Waals surface area (Å²) in [5.74, 6) is -2.48. The summed E-state index contributed by atoms with van der Waals surface area (Å²) in [5.41, 5.74) is -2.12. The SMILES string of the molecule is C[C@H](NC(=O)[C@H](CC12CCC(CC1)CO2)n1c(=O)[nH]c2ccc(F)cc2c1=O)c1ccc(F)cc1F. The van der Waals surface area contributed by atoms with E-state index in [2.05, 4.69) is 10.3 Å². The number of aromatic amines is 1. The second kappa shape index (κ2) is 9.24. The van der Waals surface area contributed by atoms with E-state index in [9.17, 15) is 27.6 Å². The molecule has 1 saturated carbocycles. The topological polar surface area (TPSA) is 93.2 Å². The Morgan fingerprint density at radius 1 is 1.14 bits per heavy atom. The Morgan fingerprint density at radius 3 is 2.50 bits per heavy atom. The van der Waals surface area contributed by atoms with Gasteiger partial charge in [0.2, 0.25) is 5.91 Å². The van der Waals surface area contributed by atoms with Crippen LogP contribution in [0.5, 0.6) is 0 Å². The van der Waals surface area contributed by atoms with Gasteiger partial charge >= 0.3 is 5.69 Å². The molecule has 3 fully saturated rings. The lowest BCUT2D eigenvalue weighted by Gasteiger charge is -2.47. The maximum atomic E-state index is 14.4. The fourth-order valence-electron chi connectivity index (χ4n) is 5.45. The van der Waals surface area contributed by atoms with Crippen LogP contribution >= 0.6 is 0 Å². The molecule has 36 heavy (non-hydrogen) atoms. The summed E-state index contributed by atoms with van der Waals surface area (Å²) in [5, 5.41) is 2.60. The molecule has 0 unspecified atom stereocenters. The highest BCUT2D eigenvalue weighted by Crippen LogP contribution is 2.45. The van der Waals surface area contributed by atoms with Crippen LogP contribution in [0.4, 0.5) is 13.2 Å². The molecule has 0 spiro atoms. The molecule has 0 radical (unpaired) electrons. The number of hydrogen-bond acceptors (Lipinski definition) is 4. The Kier molecular flexibility index (Phi) is 6.23. The smallest absolute Gasteiger partial charge is 0.329 e. The Morgan fingerprint density at radius 2 is 1.83 bits per heavy atom. The minimum absolute atomic E-state index is 0.0496. The number of fused-ring (bicyclic) bond motifs is 4. The molecule has 7 nitrogen and oxygen atoms in total. The van der Waals surface area contributed by atoms with Crippen molar-refractivity contribution in [3.05, 3.63) is 80.3 Å². The van der Waals surface area contributed by atoms with E-state index in [4.69, 9.17) is 4.74 Å². The number of carbonyl (C=O) groups is 1. The van der Waals surface area contributed by atoms with Crippen molar-refractivity contribution >= 4 is 16.8 Å². The molecule has 10 heteroatoms. The number of amides is 1. The van der Waals surface area contributed by atoms with Crippen LogP contribution in [0.2, 0.25) is 0 Å². The van der Waals surface area contributed by atoms with E-state index in [1.165, 1.54) is 19.1 Å². The summed E-state index contributed by atoms with van der Waals surface area (Å²) < 4.78 is 48.5. The Bertz CT molecular complexity index is 1430. The van der Waals surface area contributed by atoms with E-state index < -0.39 is 52.3 Å². The highest BCUT2D eigenvalue weighted by molar-refractivity contribution is 5.82. The summed E-state index contributed by atoms with van der Waals surface area (Å²) in [6, 6.07) is 4.27. The molecule has 1 aliphatic carbocycles. The molecule has 1 aromatic heterocycles. The van der Waals surface area contributed by atoms with Gasteiger partial charge in [-0.25, -0.2) is 22.5 Å². The average Bonchev–Trinajstić information content (AvgIpc) is 2.85. The lowest BCUT2D eigenvalue weighted by atomic mass is 9.73. The molecule has 2 N–H and O–H groups in total. The normalized spacial score (nSPS) is 22.9. The number of aromatic nitrogens is 2. The van der Waals surface area contributed by atoms with Crippen molar-refractivity contribution < 1.29 is 22.7 Å². The summed E-state index contributed by atoms with van der Waals surface area (Å²) in [6.07, 6.45) is 3.24. The summed E-state index contributed by atoms with van der Waals surface area (Å²) in [7, 11) is 0. The number of benzene rings is 2. The number of hydrogen-bond donors (Lipinski definition) is 2. The van der Waals surface area contributed by atoms with Gasteiger partial charge in [-0.3, -0.25) is 9.59 Å². The number of ether oxygens (including phenoxy) is 1. The third-order valence-corrected chi connectivity index (χ3v) is 7.50. The molecule has 2 aromatic carbocycles. The number of H-pyrrole nitrogens is 1. The van der Waals surface area contributed by atoms with E-state index in [-0.39, 0.29) is 22.9 Å². The molecular weight excluding hydrogens is 475 g/mol. The van der Waals surface area contributed by atoms with Gasteiger partial charge in [0.1, 0.15) is 23.5 Å². The highest BCUT2D eigenvalue weighted by Gasteiger charge is 2.45. The number of rotatable bonds is 6. The van der Waals surface area contributed by atoms with Crippen LogP contribution in [-0.4, -0.2) is 27.7 Å². The van der Waals surface area contributed by atoms with Gasteiger partial charge in [0.25, 0.3) is 5.56 Å². The van der Waals surface area contributed by atoms with Crippen molar-refractivity contribution in [2.24, 2.45) is 5.92 Å². The molecule has 2 aliphatic heterocycles. The highest BCUT2D eigenvalue weighted by atomic mass is 19.1. The van der Waals surface area contributed by atoms with Crippen LogP contribution in [0.3, 0.4) is 0 Å². The lowest BCUT2D eigenvalue weighted by Crippen LogP contribution is -2.52. The summed E-state index contributed by atoms with van der Waals surface area (Å²) in [4.78, 5) is 42.6. The van der Waals surface area contributed by atoms with Crippen molar-refractivity contribution in [2.45, 2.75) is 56.7 Å². The average molecular weight is 502 g/mol. The molecule has 2 atom stereocenters. The zero-order valence-electron chi connectivity index (χ0n) is 19.7. The maximum Gasteiger partial charge on any atom is 0.329 e. The van der Waals surface area contributed by atoms with Crippen LogP contribution in [0.1, 0.15) is 56.7 Å². The predicted molar refractivity (Wildman–Crippen MR) is 126 cm³/mol. The molecule has 6 rings (SSSR count). The number of nitrogens with one attached hydrogen (secondary N) is 2. The zero-order valence-corrected chi connectivity index (χ0v) is 19.7. The van der Waals surface area contributed by atoms with Crippen LogP contribution in [-0.2, 0) is 9.53 Å². The van der Waals surface area contributed by atoms with Gasteiger partial charge in [-0.15, -0.1) is 0 Å². The van der Waals surface area contributed by atoms with Crippen molar-refractivity contribution in [3.63, 3.8) is 0 Å². The molecule has 1 amide bonds. The van der Waals surface area contributed by atoms with Gasteiger partial charge in [-0.05, 0) is 62.8 Å². The quantitative estimate of drug-likeness (QED) is 0.536. The number of nitrogens with zero attached hydrogens (tertiary/aromatic N) is 1. The monoisotopic (exact) mass is 501 g/mol. The molecular formula is C26H26F3N3O4. The van der Waals surface area contributed by atoms with E-state index in [0.29, 0.717) is 25.4 Å².